The Bertz CT molecular complexity index is 649. The number of rotatable bonds is 5. The van der Waals surface area contributed by atoms with Gasteiger partial charge in [0.2, 0.25) is 5.91 Å². The first kappa shape index (κ1) is 16.5. The van der Waals surface area contributed by atoms with E-state index in [1.54, 1.807) is 0 Å². The van der Waals surface area contributed by atoms with Crippen LogP contribution in [0.1, 0.15) is 31.4 Å². The molecule has 1 aliphatic heterocycles. The lowest BCUT2D eigenvalue weighted by Gasteiger charge is -2.24. The molecule has 1 saturated heterocycles. The third-order valence-corrected chi connectivity index (χ3v) is 4.43. The van der Waals surface area contributed by atoms with Crippen LogP contribution in [0.3, 0.4) is 0 Å². The van der Waals surface area contributed by atoms with Gasteiger partial charge in [0.25, 0.3) is 0 Å². The van der Waals surface area contributed by atoms with Crippen LogP contribution < -0.4 is 15.4 Å². The molecule has 1 fully saturated rings. The van der Waals surface area contributed by atoms with Gasteiger partial charge in [-0.05, 0) is 62.7 Å². The lowest BCUT2D eigenvalue weighted by Crippen LogP contribution is -2.39. The van der Waals surface area contributed by atoms with E-state index in [-0.39, 0.29) is 17.9 Å². The van der Waals surface area contributed by atoms with E-state index in [2.05, 4.69) is 10.6 Å². The molecule has 2 aromatic carbocycles. The molecule has 0 saturated carbocycles. The van der Waals surface area contributed by atoms with Gasteiger partial charge in [-0.25, -0.2) is 0 Å². The number of nitrogens with one attached hydrogen (secondary N) is 2. The number of hydrogen-bond donors (Lipinski definition) is 2. The molecule has 0 aliphatic carbocycles. The van der Waals surface area contributed by atoms with Crippen LogP contribution in [0.4, 0.5) is 0 Å². The largest absolute Gasteiger partial charge is 0.457 e. The van der Waals surface area contributed by atoms with Gasteiger partial charge >= 0.3 is 0 Å². The smallest absolute Gasteiger partial charge is 0.223 e. The average Bonchev–Trinajstić information content (AvgIpc) is 2.64. The first-order valence-corrected chi connectivity index (χ1v) is 8.56. The van der Waals surface area contributed by atoms with Crippen LogP contribution in [-0.2, 0) is 4.79 Å². The number of carbonyl (C=O) groups is 1. The molecule has 1 heterocycles. The number of carbonyl (C=O) groups excluding carboxylic acids is 1. The fraction of sp³-hybridized carbons (Fsp3) is 0.350. The van der Waals surface area contributed by atoms with Gasteiger partial charge in [-0.2, -0.15) is 0 Å². The number of ether oxygens (including phenoxy) is 1. The fourth-order valence-corrected chi connectivity index (χ4v) is 2.95. The summed E-state index contributed by atoms with van der Waals surface area (Å²) in [5.74, 6) is 1.90. The van der Waals surface area contributed by atoms with Crippen molar-refractivity contribution in [2.45, 2.75) is 25.8 Å². The van der Waals surface area contributed by atoms with Crippen molar-refractivity contribution in [3.8, 4) is 11.5 Å². The van der Waals surface area contributed by atoms with E-state index in [9.17, 15) is 4.79 Å². The number of hydrogen-bond acceptors (Lipinski definition) is 3. The van der Waals surface area contributed by atoms with Crippen LogP contribution in [0.2, 0.25) is 0 Å². The number of amides is 1. The molecule has 126 valence electrons. The van der Waals surface area contributed by atoms with E-state index >= 15 is 0 Å². The highest BCUT2D eigenvalue weighted by Crippen LogP contribution is 2.23. The second-order valence-corrected chi connectivity index (χ2v) is 6.24. The molecule has 24 heavy (non-hydrogen) atoms. The fourth-order valence-electron chi connectivity index (χ4n) is 2.95. The Balaban J connectivity index is 1.57. The quantitative estimate of drug-likeness (QED) is 0.882. The second kappa shape index (κ2) is 7.97. The maximum absolute atomic E-state index is 12.3. The van der Waals surface area contributed by atoms with Gasteiger partial charge in [-0.15, -0.1) is 0 Å². The van der Waals surface area contributed by atoms with Crippen LogP contribution in [0.15, 0.2) is 54.6 Å². The standard InChI is InChI=1S/C20H24N2O2/c1-15(22-20(23)17-11-13-21-14-12-17)16-7-9-19(10-8-16)24-18-5-3-2-4-6-18/h2-10,15,17,21H,11-14H2,1H3,(H,22,23). The monoisotopic (exact) mass is 324 g/mol. The summed E-state index contributed by atoms with van der Waals surface area (Å²) in [5, 5.41) is 6.41. The van der Waals surface area contributed by atoms with E-state index in [0.29, 0.717) is 0 Å². The summed E-state index contributed by atoms with van der Waals surface area (Å²) >= 11 is 0. The first-order valence-electron chi connectivity index (χ1n) is 8.56. The highest BCUT2D eigenvalue weighted by Gasteiger charge is 2.22. The van der Waals surface area contributed by atoms with Crippen LogP contribution in [-0.4, -0.2) is 19.0 Å². The molecule has 2 aromatic rings. The maximum atomic E-state index is 12.3. The predicted octanol–water partition coefficient (Wildman–Crippen LogP) is 3.66. The molecule has 4 heteroatoms. The molecule has 0 radical (unpaired) electrons. The molecular weight excluding hydrogens is 300 g/mol. The van der Waals surface area contributed by atoms with Crippen molar-refractivity contribution in [2.75, 3.05) is 13.1 Å². The van der Waals surface area contributed by atoms with E-state index < -0.39 is 0 Å². The Morgan fingerprint density at radius 3 is 2.33 bits per heavy atom. The summed E-state index contributed by atoms with van der Waals surface area (Å²) in [5.41, 5.74) is 1.08. The molecule has 1 atom stereocenters. The van der Waals surface area contributed by atoms with Gasteiger partial charge < -0.3 is 15.4 Å². The van der Waals surface area contributed by atoms with Gasteiger partial charge in [0.15, 0.2) is 0 Å². The molecule has 1 aliphatic rings. The van der Waals surface area contributed by atoms with Crippen molar-refractivity contribution < 1.29 is 9.53 Å². The van der Waals surface area contributed by atoms with Crippen molar-refractivity contribution >= 4 is 5.91 Å². The van der Waals surface area contributed by atoms with Gasteiger partial charge in [0.05, 0.1) is 6.04 Å². The maximum Gasteiger partial charge on any atom is 0.223 e. The Kier molecular flexibility index (Phi) is 5.49. The summed E-state index contributed by atoms with van der Waals surface area (Å²) < 4.78 is 5.80. The molecule has 0 aromatic heterocycles. The van der Waals surface area contributed by atoms with E-state index in [1.807, 2.05) is 61.5 Å². The molecule has 3 rings (SSSR count). The van der Waals surface area contributed by atoms with Gasteiger partial charge in [0, 0.05) is 5.92 Å². The lowest BCUT2D eigenvalue weighted by molar-refractivity contribution is -0.126. The number of benzene rings is 2. The summed E-state index contributed by atoms with van der Waals surface area (Å²) in [6.07, 6.45) is 1.84. The topological polar surface area (TPSA) is 50.4 Å². The third kappa shape index (κ3) is 4.36. The minimum Gasteiger partial charge on any atom is -0.457 e. The Morgan fingerprint density at radius 1 is 1.04 bits per heavy atom. The number of piperidine rings is 1. The van der Waals surface area contributed by atoms with Crippen LogP contribution >= 0.6 is 0 Å². The summed E-state index contributed by atoms with van der Waals surface area (Å²) in [7, 11) is 0. The Morgan fingerprint density at radius 2 is 1.67 bits per heavy atom. The van der Waals surface area contributed by atoms with Crippen molar-refractivity contribution in [1.82, 2.24) is 10.6 Å². The molecule has 0 spiro atoms. The van der Waals surface area contributed by atoms with Crippen LogP contribution in [0, 0.1) is 5.92 Å². The van der Waals surface area contributed by atoms with Crippen LogP contribution in [0.5, 0.6) is 11.5 Å². The Labute approximate surface area is 143 Å². The highest BCUT2D eigenvalue weighted by molar-refractivity contribution is 5.79. The second-order valence-electron chi connectivity index (χ2n) is 6.24. The number of para-hydroxylation sites is 1. The normalized spacial score (nSPS) is 16.4. The summed E-state index contributed by atoms with van der Waals surface area (Å²) in [6.45, 7) is 3.88. The zero-order chi connectivity index (χ0) is 16.8. The van der Waals surface area contributed by atoms with E-state index in [4.69, 9.17) is 4.74 Å². The van der Waals surface area contributed by atoms with Crippen LogP contribution in [0.25, 0.3) is 0 Å². The molecule has 1 unspecified atom stereocenters. The molecule has 2 N–H and O–H groups in total. The third-order valence-electron chi connectivity index (χ3n) is 4.43. The SMILES string of the molecule is CC(NC(=O)C1CCNCC1)c1ccc(Oc2ccccc2)cc1. The molecule has 1 amide bonds. The summed E-state index contributed by atoms with van der Waals surface area (Å²) in [6, 6.07) is 17.6. The molecular formula is C20H24N2O2. The van der Waals surface area contributed by atoms with Gasteiger partial charge in [-0.1, -0.05) is 30.3 Å². The van der Waals surface area contributed by atoms with E-state index in [0.717, 1.165) is 43.0 Å². The first-order chi connectivity index (χ1) is 11.7. The zero-order valence-electron chi connectivity index (χ0n) is 14.0. The summed E-state index contributed by atoms with van der Waals surface area (Å²) in [4.78, 5) is 12.3. The average molecular weight is 324 g/mol. The Hall–Kier alpha value is -2.33. The van der Waals surface area contributed by atoms with E-state index in [1.165, 1.54) is 0 Å². The van der Waals surface area contributed by atoms with Gasteiger partial charge in [-0.3, -0.25) is 4.79 Å². The molecule has 0 bridgehead atoms. The predicted molar refractivity (Wildman–Crippen MR) is 95.1 cm³/mol. The lowest BCUT2D eigenvalue weighted by atomic mass is 9.96. The van der Waals surface area contributed by atoms with Crippen molar-refractivity contribution in [3.05, 3.63) is 60.2 Å². The van der Waals surface area contributed by atoms with Crippen molar-refractivity contribution in [1.29, 1.82) is 0 Å². The van der Waals surface area contributed by atoms with Crippen molar-refractivity contribution in [2.24, 2.45) is 5.92 Å². The van der Waals surface area contributed by atoms with Crippen molar-refractivity contribution in [3.63, 3.8) is 0 Å². The zero-order valence-corrected chi connectivity index (χ0v) is 14.0. The minimum atomic E-state index is -0.00170. The highest BCUT2D eigenvalue weighted by atomic mass is 16.5. The minimum absolute atomic E-state index is 0.00170. The van der Waals surface area contributed by atoms with Gasteiger partial charge in [0.1, 0.15) is 11.5 Å². The molecule has 4 nitrogen and oxygen atoms in total.